The number of imide groups is 1. The van der Waals surface area contributed by atoms with Crippen molar-refractivity contribution >= 4 is 40.5 Å². The van der Waals surface area contributed by atoms with Gasteiger partial charge in [0.25, 0.3) is 0 Å². The van der Waals surface area contributed by atoms with E-state index >= 15 is 0 Å². The molecule has 0 aliphatic carbocycles. The van der Waals surface area contributed by atoms with Gasteiger partial charge in [-0.3, -0.25) is 19.3 Å². The average molecular weight is 465 g/mol. The number of nitrogens with zero attached hydrogens (tertiary/aromatic N) is 2. The molecular weight excluding hydrogens is 440 g/mol. The van der Waals surface area contributed by atoms with Crippen molar-refractivity contribution in [3.8, 4) is 0 Å². The Morgan fingerprint density at radius 3 is 2.45 bits per heavy atom. The van der Waals surface area contributed by atoms with Crippen LogP contribution in [0.15, 0.2) is 54.6 Å². The number of benzene rings is 2. The lowest BCUT2D eigenvalue weighted by atomic mass is 9.85. The quantitative estimate of drug-likeness (QED) is 0.369. The van der Waals surface area contributed by atoms with Crippen LogP contribution in [-0.2, 0) is 14.3 Å². The number of Topliss-reactive ketones (excluding diaryl/α,β-unsaturated/α-hetero) is 1. The number of amides is 2. The van der Waals surface area contributed by atoms with E-state index in [-0.39, 0.29) is 23.6 Å². The fourth-order valence-corrected chi connectivity index (χ4v) is 5.66. The van der Waals surface area contributed by atoms with E-state index in [9.17, 15) is 14.4 Å². The zero-order valence-corrected chi connectivity index (χ0v) is 19.3. The zero-order valence-electron chi connectivity index (χ0n) is 18.5. The maximum absolute atomic E-state index is 13.9. The fraction of sp³-hybridized carbons (Fsp3) is 0.346. The number of hydrogen-bond acceptors (Lipinski definition) is 5. The molecule has 3 aliphatic rings. The highest BCUT2D eigenvalue weighted by Crippen LogP contribution is 2.50. The van der Waals surface area contributed by atoms with Gasteiger partial charge in [-0.2, -0.15) is 0 Å². The molecule has 4 atom stereocenters. The monoisotopic (exact) mass is 464 g/mol. The number of hydrogen-bond donors (Lipinski definition) is 0. The van der Waals surface area contributed by atoms with Crippen LogP contribution < -0.4 is 4.90 Å². The number of rotatable bonds is 6. The van der Waals surface area contributed by atoms with Crippen LogP contribution in [0.3, 0.4) is 0 Å². The van der Waals surface area contributed by atoms with Crippen molar-refractivity contribution in [2.45, 2.75) is 25.4 Å². The van der Waals surface area contributed by atoms with Crippen LogP contribution in [0.25, 0.3) is 5.57 Å². The number of halogens is 1. The number of ketones is 1. The summed E-state index contributed by atoms with van der Waals surface area (Å²) in [6.45, 7) is 2.77. The van der Waals surface area contributed by atoms with Gasteiger partial charge in [0.15, 0.2) is 5.78 Å². The molecule has 0 saturated carbocycles. The van der Waals surface area contributed by atoms with Gasteiger partial charge >= 0.3 is 0 Å². The molecule has 0 spiro atoms. The second kappa shape index (κ2) is 8.43. The van der Waals surface area contributed by atoms with Gasteiger partial charge in [0.2, 0.25) is 11.8 Å². The van der Waals surface area contributed by atoms with Crippen molar-refractivity contribution in [2.24, 2.45) is 11.8 Å². The first-order valence-electron chi connectivity index (χ1n) is 11.1. The van der Waals surface area contributed by atoms with Gasteiger partial charge in [0, 0.05) is 42.1 Å². The molecule has 0 aromatic heterocycles. The topological polar surface area (TPSA) is 66.9 Å². The van der Waals surface area contributed by atoms with Gasteiger partial charge in [-0.25, -0.2) is 0 Å². The Bertz CT molecular complexity index is 1160. The van der Waals surface area contributed by atoms with E-state index < -0.39 is 17.9 Å². The predicted molar refractivity (Wildman–Crippen MR) is 126 cm³/mol. The molecule has 33 heavy (non-hydrogen) atoms. The molecule has 0 radical (unpaired) electrons. The fourth-order valence-electron chi connectivity index (χ4n) is 5.53. The Morgan fingerprint density at radius 1 is 1.03 bits per heavy atom. The largest absolute Gasteiger partial charge is 0.385 e. The van der Waals surface area contributed by atoms with E-state index in [4.69, 9.17) is 16.3 Å². The van der Waals surface area contributed by atoms with E-state index in [1.807, 2.05) is 42.2 Å². The number of allylic oxidation sites excluding steroid dienone is 1. The number of fused-ring (bicyclic) bond motifs is 5. The smallest absolute Gasteiger partial charge is 0.235 e. The van der Waals surface area contributed by atoms with Crippen LogP contribution in [0.1, 0.15) is 29.3 Å². The summed E-state index contributed by atoms with van der Waals surface area (Å²) in [4.78, 5) is 44.3. The highest BCUT2D eigenvalue weighted by Gasteiger charge is 2.64. The van der Waals surface area contributed by atoms with Crippen LogP contribution in [0, 0.1) is 11.8 Å². The van der Waals surface area contributed by atoms with Crippen LogP contribution >= 0.6 is 11.6 Å². The van der Waals surface area contributed by atoms with E-state index in [0.29, 0.717) is 30.2 Å². The molecule has 6 nitrogen and oxygen atoms in total. The minimum Gasteiger partial charge on any atom is -0.385 e. The first-order valence-corrected chi connectivity index (χ1v) is 11.5. The number of ether oxygens (including phenoxy) is 1. The lowest BCUT2D eigenvalue weighted by Gasteiger charge is -2.38. The predicted octanol–water partition coefficient (Wildman–Crippen LogP) is 3.83. The number of likely N-dealkylation sites (tertiary alicyclic amines) is 1. The van der Waals surface area contributed by atoms with E-state index in [1.54, 1.807) is 31.4 Å². The maximum atomic E-state index is 13.9. The van der Waals surface area contributed by atoms with E-state index in [1.165, 1.54) is 4.90 Å². The standard InChI is InChI=1S/C26H25ClN2O4/c1-15-14-20-21-22(26(32)28(25(21)31)12-5-13-33-2)23(24(30)16-8-10-17(27)11-9-16)29(20)19-7-4-3-6-18(15)19/h3-4,6-11,14,20-23H,5,12-13H2,1-2H3/t20-,21+,22-,23-/m1/s1. The summed E-state index contributed by atoms with van der Waals surface area (Å²) in [7, 11) is 1.59. The summed E-state index contributed by atoms with van der Waals surface area (Å²) < 4.78 is 5.10. The molecule has 0 bridgehead atoms. The molecular formula is C26H25ClN2O4. The van der Waals surface area contributed by atoms with Gasteiger partial charge in [-0.15, -0.1) is 0 Å². The number of anilines is 1. The summed E-state index contributed by atoms with van der Waals surface area (Å²) >= 11 is 6.04. The second-order valence-electron chi connectivity index (χ2n) is 8.81. The van der Waals surface area contributed by atoms with E-state index in [2.05, 4.69) is 0 Å². The van der Waals surface area contributed by atoms with Crippen molar-refractivity contribution in [3.05, 3.63) is 70.8 Å². The highest BCUT2D eigenvalue weighted by atomic mass is 35.5. The van der Waals surface area contributed by atoms with Gasteiger partial charge in [0.1, 0.15) is 6.04 Å². The van der Waals surface area contributed by atoms with Crippen LogP contribution in [-0.4, -0.2) is 54.8 Å². The molecule has 2 aromatic rings. The molecule has 0 unspecified atom stereocenters. The molecule has 170 valence electrons. The maximum Gasteiger partial charge on any atom is 0.235 e. The Hall–Kier alpha value is -2.96. The van der Waals surface area contributed by atoms with Crippen molar-refractivity contribution in [1.29, 1.82) is 0 Å². The molecule has 5 rings (SSSR count). The molecule has 2 amide bonds. The van der Waals surface area contributed by atoms with Crippen LogP contribution in [0.4, 0.5) is 5.69 Å². The summed E-state index contributed by atoms with van der Waals surface area (Å²) in [5.74, 6) is -1.97. The molecule has 3 heterocycles. The number of para-hydroxylation sites is 1. The second-order valence-corrected chi connectivity index (χ2v) is 9.24. The first kappa shape index (κ1) is 21.9. The lowest BCUT2D eigenvalue weighted by molar-refractivity contribution is -0.140. The first-order chi connectivity index (χ1) is 15.9. The highest BCUT2D eigenvalue weighted by molar-refractivity contribution is 6.30. The van der Waals surface area contributed by atoms with E-state index in [0.717, 1.165) is 16.8 Å². The van der Waals surface area contributed by atoms with Crippen molar-refractivity contribution in [2.75, 3.05) is 25.2 Å². The molecule has 2 saturated heterocycles. The number of carbonyl (C=O) groups excluding carboxylic acids is 3. The Labute approximate surface area is 197 Å². The van der Waals surface area contributed by atoms with Gasteiger partial charge < -0.3 is 9.64 Å². The Kier molecular flexibility index (Phi) is 5.59. The molecule has 0 N–H and O–H groups in total. The third kappa shape index (κ3) is 3.40. The third-order valence-corrected chi connectivity index (χ3v) is 7.23. The third-order valence-electron chi connectivity index (χ3n) is 6.97. The summed E-state index contributed by atoms with van der Waals surface area (Å²) in [6, 6.07) is 13.4. The molecule has 2 fully saturated rings. The van der Waals surface area contributed by atoms with Gasteiger partial charge in [-0.05, 0) is 49.2 Å². The summed E-state index contributed by atoms with van der Waals surface area (Å²) in [6.07, 6.45) is 2.61. The minimum absolute atomic E-state index is 0.174. The zero-order chi connectivity index (χ0) is 23.3. The Balaban J connectivity index is 1.61. The van der Waals surface area contributed by atoms with Crippen molar-refractivity contribution < 1.29 is 19.1 Å². The van der Waals surface area contributed by atoms with Crippen molar-refractivity contribution in [3.63, 3.8) is 0 Å². The van der Waals surface area contributed by atoms with Crippen molar-refractivity contribution in [1.82, 2.24) is 4.90 Å². The summed E-state index contributed by atoms with van der Waals surface area (Å²) in [5, 5.41) is 0.534. The van der Waals surface area contributed by atoms with Crippen LogP contribution in [0.2, 0.25) is 5.02 Å². The lowest BCUT2D eigenvalue weighted by Crippen LogP contribution is -2.49. The number of methoxy groups -OCH3 is 1. The average Bonchev–Trinajstić information content (AvgIpc) is 3.28. The normalized spacial score (nSPS) is 25.6. The molecule has 3 aliphatic heterocycles. The minimum atomic E-state index is -0.768. The number of carbonyl (C=O) groups is 3. The van der Waals surface area contributed by atoms with Gasteiger partial charge in [-0.1, -0.05) is 35.9 Å². The molecule has 2 aromatic carbocycles. The van der Waals surface area contributed by atoms with Crippen LogP contribution in [0.5, 0.6) is 0 Å². The SMILES string of the molecule is COCCCN1C(=O)[C@@H]2[C@@H](C1=O)[C@H](C(=O)c1ccc(Cl)cc1)N1c3ccccc3C(C)=C[C@H]21. The molecule has 7 heteroatoms. The Morgan fingerprint density at radius 2 is 1.73 bits per heavy atom. The van der Waals surface area contributed by atoms with Gasteiger partial charge in [0.05, 0.1) is 17.9 Å². The summed E-state index contributed by atoms with van der Waals surface area (Å²) in [5.41, 5.74) is 3.42.